The highest BCUT2D eigenvalue weighted by molar-refractivity contribution is 5.93. The Morgan fingerprint density at radius 1 is 1.18 bits per heavy atom. The van der Waals surface area contributed by atoms with Gasteiger partial charge in [-0.2, -0.15) is 5.10 Å². The van der Waals surface area contributed by atoms with E-state index in [1.54, 1.807) is 24.0 Å². The lowest BCUT2D eigenvalue weighted by Gasteiger charge is -2.18. The van der Waals surface area contributed by atoms with Crippen molar-refractivity contribution in [3.8, 4) is 11.4 Å². The number of rotatable bonds is 4. The Morgan fingerprint density at radius 3 is 2.64 bits per heavy atom. The van der Waals surface area contributed by atoms with Gasteiger partial charge in [0.2, 0.25) is 11.9 Å². The number of aryl methyl sites for hydroxylation is 2. The third kappa shape index (κ3) is 3.07. The minimum Gasteiger partial charge on any atom is -0.476 e. The van der Waals surface area contributed by atoms with E-state index in [-0.39, 0.29) is 11.6 Å². The van der Waals surface area contributed by atoms with E-state index in [0.29, 0.717) is 47.1 Å². The molecule has 1 aliphatic rings. The Labute approximate surface area is 160 Å². The molecule has 0 aliphatic heterocycles. The number of amides is 1. The number of nitrogens with zero attached hydrogens (tertiary/aromatic N) is 4. The lowest BCUT2D eigenvalue weighted by atomic mass is 9.93. The number of aromatic nitrogens is 4. The highest BCUT2D eigenvalue weighted by Gasteiger charge is 2.28. The summed E-state index contributed by atoms with van der Waals surface area (Å²) in [7, 11) is 1.71. The molecule has 9 nitrogen and oxygen atoms in total. The number of benzene rings is 1. The van der Waals surface area contributed by atoms with Gasteiger partial charge in [0.25, 0.3) is 0 Å². The molecule has 0 saturated carbocycles. The molecule has 2 aromatic heterocycles. The van der Waals surface area contributed by atoms with Gasteiger partial charge < -0.3 is 15.7 Å². The second-order valence-corrected chi connectivity index (χ2v) is 6.52. The molecular formula is C19H18N6O3. The maximum Gasteiger partial charge on any atom is 0.356 e. The summed E-state index contributed by atoms with van der Waals surface area (Å²) in [4.78, 5) is 31.9. The minimum absolute atomic E-state index is 0.0623. The molecular weight excluding hydrogens is 360 g/mol. The van der Waals surface area contributed by atoms with Gasteiger partial charge in [0.15, 0.2) is 5.69 Å². The lowest BCUT2D eigenvalue weighted by molar-refractivity contribution is -0.114. The van der Waals surface area contributed by atoms with Crippen molar-refractivity contribution in [3.63, 3.8) is 0 Å². The average molecular weight is 378 g/mol. The van der Waals surface area contributed by atoms with Crippen molar-refractivity contribution in [1.82, 2.24) is 19.7 Å². The maximum absolute atomic E-state index is 11.5. The Bertz CT molecular complexity index is 1110. The maximum atomic E-state index is 11.5. The van der Waals surface area contributed by atoms with Gasteiger partial charge in [0, 0.05) is 25.7 Å². The molecule has 1 aliphatic carbocycles. The zero-order valence-electron chi connectivity index (χ0n) is 15.4. The predicted octanol–water partition coefficient (Wildman–Crippen LogP) is 2.38. The molecule has 3 aromatic rings. The zero-order valence-corrected chi connectivity index (χ0v) is 15.4. The minimum atomic E-state index is -1.04. The molecule has 9 heteroatoms. The van der Waals surface area contributed by atoms with E-state index in [1.807, 2.05) is 18.2 Å². The van der Waals surface area contributed by atoms with E-state index < -0.39 is 5.97 Å². The summed E-state index contributed by atoms with van der Waals surface area (Å²) < 4.78 is 1.55. The summed E-state index contributed by atoms with van der Waals surface area (Å²) in [5.74, 6) is -0.874. The van der Waals surface area contributed by atoms with Crippen molar-refractivity contribution >= 4 is 29.2 Å². The van der Waals surface area contributed by atoms with E-state index in [9.17, 15) is 14.7 Å². The molecule has 0 fully saturated rings. The van der Waals surface area contributed by atoms with Gasteiger partial charge >= 0.3 is 5.97 Å². The Morgan fingerprint density at radius 2 is 1.93 bits per heavy atom. The molecule has 0 unspecified atom stereocenters. The molecule has 1 aromatic carbocycles. The van der Waals surface area contributed by atoms with Crippen LogP contribution in [0.4, 0.5) is 17.3 Å². The summed E-state index contributed by atoms with van der Waals surface area (Å²) in [6.07, 6.45) is 2.97. The number of para-hydroxylation sites is 2. The van der Waals surface area contributed by atoms with Crippen LogP contribution in [0.2, 0.25) is 0 Å². The lowest BCUT2D eigenvalue weighted by Crippen LogP contribution is -2.12. The monoisotopic (exact) mass is 378 g/mol. The SMILES string of the molecule is CC(=O)Nc1ccccc1Nc1ncc2c(n1)-c1c(c(C(=O)O)nn1C)CC2. The summed E-state index contributed by atoms with van der Waals surface area (Å²) in [5, 5.41) is 19.4. The van der Waals surface area contributed by atoms with Crippen molar-refractivity contribution in [1.29, 1.82) is 0 Å². The number of hydrogen-bond acceptors (Lipinski definition) is 6. The third-order valence-electron chi connectivity index (χ3n) is 4.57. The number of hydrogen-bond donors (Lipinski definition) is 3. The van der Waals surface area contributed by atoms with Crippen LogP contribution in [0.1, 0.15) is 28.5 Å². The molecule has 142 valence electrons. The van der Waals surface area contributed by atoms with Crippen molar-refractivity contribution in [2.75, 3.05) is 10.6 Å². The van der Waals surface area contributed by atoms with E-state index >= 15 is 0 Å². The van der Waals surface area contributed by atoms with E-state index in [2.05, 4.69) is 25.7 Å². The van der Waals surface area contributed by atoms with Crippen molar-refractivity contribution in [2.24, 2.45) is 7.05 Å². The molecule has 0 spiro atoms. The summed E-state index contributed by atoms with van der Waals surface area (Å²) in [6, 6.07) is 7.25. The van der Waals surface area contributed by atoms with Gasteiger partial charge in [-0.1, -0.05) is 12.1 Å². The van der Waals surface area contributed by atoms with Crippen LogP contribution >= 0.6 is 0 Å². The number of carboxylic acids is 1. The molecule has 4 rings (SSSR count). The van der Waals surface area contributed by atoms with Crippen LogP contribution in [0.3, 0.4) is 0 Å². The Kier molecular flexibility index (Phi) is 4.26. The number of aromatic carboxylic acids is 1. The standard InChI is InChI=1S/C19H18N6O3/c1-10(26)21-13-5-3-4-6-14(13)22-19-20-9-11-7-8-12-16(18(27)28)24-25(2)17(12)15(11)23-19/h3-6,9H,7-8H2,1-2H3,(H,21,26)(H,27,28)(H,20,22,23). The first kappa shape index (κ1) is 17.7. The molecule has 28 heavy (non-hydrogen) atoms. The first-order valence-electron chi connectivity index (χ1n) is 8.73. The van der Waals surface area contributed by atoms with E-state index in [0.717, 1.165) is 5.56 Å². The second kappa shape index (κ2) is 6.76. The Balaban J connectivity index is 1.74. The molecule has 1 amide bonds. The van der Waals surface area contributed by atoms with Gasteiger partial charge in [0.05, 0.1) is 22.8 Å². The van der Waals surface area contributed by atoms with Crippen LogP contribution in [-0.2, 0) is 24.7 Å². The second-order valence-electron chi connectivity index (χ2n) is 6.52. The molecule has 3 N–H and O–H groups in total. The fourth-order valence-corrected chi connectivity index (χ4v) is 3.40. The van der Waals surface area contributed by atoms with Gasteiger partial charge in [-0.3, -0.25) is 9.48 Å². The first-order chi connectivity index (χ1) is 13.4. The number of carbonyl (C=O) groups excluding carboxylic acids is 1. The van der Waals surface area contributed by atoms with Crippen LogP contribution in [-0.4, -0.2) is 36.7 Å². The van der Waals surface area contributed by atoms with Crippen LogP contribution in [0.5, 0.6) is 0 Å². The highest BCUT2D eigenvalue weighted by atomic mass is 16.4. The van der Waals surface area contributed by atoms with Gasteiger partial charge in [-0.25, -0.2) is 14.8 Å². The quantitative estimate of drug-likeness (QED) is 0.637. The number of anilines is 3. The molecule has 0 saturated heterocycles. The van der Waals surface area contributed by atoms with Crippen LogP contribution in [0, 0.1) is 0 Å². The first-order valence-corrected chi connectivity index (χ1v) is 8.73. The van der Waals surface area contributed by atoms with E-state index in [4.69, 9.17) is 0 Å². The smallest absolute Gasteiger partial charge is 0.356 e. The van der Waals surface area contributed by atoms with Gasteiger partial charge in [-0.05, 0) is 30.5 Å². The number of fused-ring (bicyclic) bond motifs is 3. The molecule has 0 atom stereocenters. The van der Waals surface area contributed by atoms with Gasteiger partial charge in [0.1, 0.15) is 0 Å². The number of nitrogens with one attached hydrogen (secondary N) is 2. The Hall–Kier alpha value is -3.75. The predicted molar refractivity (Wildman–Crippen MR) is 103 cm³/mol. The van der Waals surface area contributed by atoms with Crippen molar-refractivity contribution in [3.05, 3.63) is 47.3 Å². The highest BCUT2D eigenvalue weighted by Crippen LogP contribution is 2.34. The normalized spacial score (nSPS) is 12.1. The van der Waals surface area contributed by atoms with Crippen molar-refractivity contribution in [2.45, 2.75) is 19.8 Å². The molecule has 0 bridgehead atoms. The largest absolute Gasteiger partial charge is 0.476 e. The van der Waals surface area contributed by atoms with Crippen LogP contribution in [0.25, 0.3) is 11.4 Å². The molecule has 0 radical (unpaired) electrons. The van der Waals surface area contributed by atoms with Crippen LogP contribution < -0.4 is 10.6 Å². The fourth-order valence-electron chi connectivity index (χ4n) is 3.40. The average Bonchev–Trinajstić information content (AvgIpc) is 3.00. The van der Waals surface area contributed by atoms with Crippen LogP contribution in [0.15, 0.2) is 30.5 Å². The zero-order chi connectivity index (χ0) is 19.8. The number of carboxylic acid groups (broad SMARTS) is 1. The third-order valence-corrected chi connectivity index (χ3v) is 4.57. The summed E-state index contributed by atoms with van der Waals surface area (Å²) >= 11 is 0. The van der Waals surface area contributed by atoms with Crippen molar-refractivity contribution < 1.29 is 14.7 Å². The summed E-state index contributed by atoms with van der Waals surface area (Å²) in [5.41, 5.74) is 4.32. The summed E-state index contributed by atoms with van der Waals surface area (Å²) in [6.45, 7) is 1.44. The van der Waals surface area contributed by atoms with E-state index in [1.165, 1.54) is 6.92 Å². The van der Waals surface area contributed by atoms with Gasteiger partial charge in [-0.15, -0.1) is 0 Å². The topological polar surface area (TPSA) is 122 Å². The fraction of sp³-hybridized carbons (Fsp3) is 0.211. The molecule has 2 heterocycles. The number of carbonyl (C=O) groups is 2.